The third-order valence-electron chi connectivity index (χ3n) is 2.83. The Morgan fingerprint density at radius 2 is 2.27 bits per heavy atom. The van der Waals surface area contributed by atoms with Crippen molar-refractivity contribution in [1.29, 1.82) is 0 Å². The van der Waals surface area contributed by atoms with Gasteiger partial charge in [-0.15, -0.1) is 0 Å². The number of nitrogens with one attached hydrogen (secondary N) is 2. The lowest BCUT2D eigenvalue weighted by Gasteiger charge is -2.37. The molecule has 2 N–H and O–H groups in total. The van der Waals surface area contributed by atoms with Gasteiger partial charge < -0.3 is 15.4 Å². The number of amides is 1. The van der Waals surface area contributed by atoms with Crippen molar-refractivity contribution in [3.63, 3.8) is 0 Å². The summed E-state index contributed by atoms with van der Waals surface area (Å²) < 4.78 is 5.41. The van der Waals surface area contributed by atoms with Crippen LogP contribution >= 0.6 is 0 Å². The third-order valence-corrected chi connectivity index (χ3v) is 2.83. The van der Waals surface area contributed by atoms with E-state index in [1.165, 1.54) is 12.8 Å². The van der Waals surface area contributed by atoms with Gasteiger partial charge in [-0.2, -0.15) is 0 Å². The lowest BCUT2D eigenvalue weighted by atomic mass is 9.91. The Bertz CT molecular complexity index is 211. The van der Waals surface area contributed by atoms with Crippen LogP contribution in [0.4, 0.5) is 4.79 Å². The molecule has 0 radical (unpaired) electrons. The van der Waals surface area contributed by atoms with Gasteiger partial charge in [0.1, 0.15) is 5.60 Å². The number of carbonyl (C=O) groups excluding carboxylic acids is 1. The molecule has 1 rings (SSSR count). The summed E-state index contributed by atoms with van der Waals surface area (Å²) in [6.07, 6.45) is 3.18. The Hall–Kier alpha value is -0.770. The summed E-state index contributed by atoms with van der Waals surface area (Å²) >= 11 is 0. The molecule has 0 bridgehead atoms. The molecule has 0 saturated carbocycles. The van der Waals surface area contributed by atoms with E-state index in [-0.39, 0.29) is 12.1 Å². The van der Waals surface area contributed by atoms with E-state index in [9.17, 15) is 4.79 Å². The van der Waals surface area contributed by atoms with Gasteiger partial charge in [-0.3, -0.25) is 0 Å². The molecular weight excluding hydrogens is 192 g/mol. The van der Waals surface area contributed by atoms with Gasteiger partial charge >= 0.3 is 6.09 Å². The first kappa shape index (κ1) is 12.3. The minimum absolute atomic E-state index is 0.272. The fraction of sp³-hybridized carbons (Fsp3) is 0.909. The number of hydrogen-bond acceptors (Lipinski definition) is 3. The van der Waals surface area contributed by atoms with Crippen molar-refractivity contribution in [2.24, 2.45) is 0 Å². The molecule has 0 spiro atoms. The van der Waals surface area contributed by atoms with Gasteiger partial charge in [0.05, 0.1) is 0 Å². The summed E-state index contributed by atoms with van der Waals surface area (Å²) in [5.74, 6) is 0. The van der Waals surface area contributed by atoms with Crippen LogP contribution < -0.4 is 10.6 Å². The molecule has 1 unspecified atom stereocenters. The first-order valence-electron chi connectivity index (χ1n) is 5.76. The van der Waals surface area contributed by atoms with Gasteiger partial charge in [0.15, 0.2) is 0 Å². The van der Waals surface area contributed by atoms with Crippen LogP contribution in [0.2, 0.25) is 0 Å². The molecule has 15 heavy (non-hydrogen) atoms. The van der Waals surface area contributed by atoms with Crippen LogP contribution in [0.5, 0.6) is 0 Å². The normalized spacial score (nSPS) is 22.2. The van der Waals surface area contributed by atoms with Gasteiger partial charge in [0.25, 0.3) is 0 Å². The molecule has 1 amide bonds. The predicted molar refractivity (Wildman–Crippen MR) is 59.9 cm³/mol. The lowest BCUT2D eigenvalue weighted by molar-refractivity contribution is 0.00308. The van der Waals surface area contributed by atoms with Crippen molar-refractivity contribution in [3.05, 3.63) is 0 Å². The summed E-state index contributed by atoms with van der Waals surface area (Å²) in [4.78, 5) is 11.3. The second kappa shape index (κ2) is 5.35. The topological polar surface area (TPSA) is 50.4 Å². The van der Waals surface area contributed by atoms with Crippen LogP contribution in [-0.2, 0) is 4.74 Å². The van der Waals surface area contributed by atoms with Crippen molar-refractivity contribution in [2.45, 2.75) is 51.7 Å². The molecule has 88 valence electrons. The van der Waals surface area contributed by atoms with Crippen LogP contribution in [0.3, 0.4) is 0 Å². The highest BCUT2D eigenvalue weighted by Gasteiger charge is 2.33. The van der Waals surface area contributed by atoms with E-state index >= 15 is 0 Å². The summed E-state index contributed by atoms with van der Waals surface area (Å²) in [6.45, 7) is 7.43. The standard InChI is InChI=1S/C11H22N2O2/c1-4-12-10(14)15-11(2,3)9-7-5-6-8-13-9/h9,13H,4-8H2,1-3H3,(H,12,14). The fourth-order valence-corrected chi connectivity index (χ4v) is 1.94. The van der Waals surface area contributed by atoms with E-state index in [0.717, 1.165) is 13.0 Å². The predicted octanol–water partition coefficient (Wildman–Crippen LogP) is 1.65. The maximum absolute atomic E-state index is 11.3. The molecule has 0 aromatic carbocycles. The second-order valence-corrected chi connectivity index (χ2v) is 4.53. The summed E-state index contributed by atoms with van der Waals surface area (Å²) in [6, 6.07) is 0.272. The van der Waals surface area contributed by atoms with Gasteiger partial charge in [0.2, 0.25) is 0 Å². The van der Waals surface area contributed by atoms with Crippen LogP contribution in [0.25, 0.3) is 0 Å². The number of piperidine rings is 1. The third kappa shape index (κ3) is 3.70. The number of carbonyl (C=O) groups is 1. The molecule has 1 aliphatic rings. The summed E-state index contributed by atoms with van der Waals surface area (Å²) in [7, 11) is 0. The first-order valence-corrected chi connectivity index (χ1v) is 5.76. The minimum Gasteiger partial charge on any atom is -0.442 e. The lowest BCUT2D eigenvalue weighted by Crippen LogP contribution is -2.52. The zero-order chi connectivity index (χ0) is 11.3. The summed E-state index contributed by atoms with van der Waals surface area (Å²) in [5.41, 5.74) is -0.431. The zero-order valence-electron chi connectivity index (χ0n) is 9.93. The van der Waals surface area contributed by atoms with E-state index in [2.05, 4.69) is 10.6 Å². The van der Waals surface area contributed by atoms with Crippen molar-refractivity contribution in [3.8, 4) is 0 Å². The molecule has 1 fully saturated rings. The van der Waals surface area contributed by atoms with Crippen molar-refractivity contribution < 1.29 is 9.53 Å². The molecule has 1 aliphatic heterocycles. The fourth-order valence-electron chi connectivity index (χ4n) is 1.94. The van der Waals surface area contributed by atoms with E-state index in [1.54, 1.807) is 0 Å². The second-order valence-electron chi connectivity index (χ2n) is 4.53. The Morgan fingerprint density at radius 3 is 2.80 bits per heavy atom. The number of ether oxygens (including phenoxy) is 1. The highest BCUT2D eigenvalue weighted by molar-refractivity contribution is 5.67. The van der Waals surface area contributed by atoms with E-state index < -0.39 is 5.60 Å². The highest BCUT2D eigenvalue weighted by Crippen LogP contribution is 2.22. The molecule has 1 heterocycles. The Labute approximate surface area is 91.8 Å². The maximum Gasteiger partial charge on any atom is 0.407 e. The first-order chi connectivity index (χ1) is 7.06. The molecule has 0 aromatic rings. The van der Waals surface area contributed by atoms with E-state index in [0.29, 0.717) is 6.54 Å². The van der Waals surface area contributed by atoms with E-state index in [1.807, 2.05) is 20.8 Å². The van der Waals surface area contributed by atoms with Gasteiger partial charge in [-0.25, -0.2) is 4.79 Å². The molecule has 1 saturated heterocycles. The molecule has 4 nitrogen and oxygen atoms in total. The monoisotopic (exact) mass is 214 g/mol. The number of hydrogen-bond donors (Lipinski definition) is 2. The highest BCUT2D eigenvalue weighted by atomic mass is 16.6. The molecule has 4 heteroatoms. The van der Waals surface area contributed by atoms with Gasteiger partial charge in [-0.05, 0) is 40.2 Å². The number of alkyl carbamates (subject to hydrolysis) is 1. The van der Waals surface area contributed by atoms with Crippen LogP contribution in [-0.4, -0.2) is 30.8 Å². The van der Waals surface area contributed by atoms with Crippen LogP contribution in [0, 0.1) is 0 Å². The molecule has 0 aromatic heterocycles. The molecule has 0 aliphatic carbocycles. The Kier molecular flexibility index (Phi) is 4.39. The van der Waals surface area contributed by atoms with Gasteiger partial charge in [0, 0.05) is 12.6 Å². The van der Waals surface area contributed by atoms with Crippen LogP contribution in [0.1, 0.15) is 40.0 Å². The Morgan fingerprint density at radius 1 is 1.53 bits per heavy atom. The smallest absolute Gasteiger partial charge is 0.407 e. The average Bonchev–Trinajstić information content (AvgIpc) is 2.18. The number of rotatable bonds is 3. The molecular formula is C11H22N2O2. The maximum atomic E-state index is 11.3. The van der Waals surface area contributed by atoms with Crippen molar-refractivity contribution in [1.82, 2.24) is 10.6 Å². The molecule has 1 atom stereocenters. The van der Waals surface area contributed by atoms with Crippen molar-refractivity contribution >= 4 is 6.09 Å². The average molecular weight is 214 g/mol. The summed E-state index contributed by atoms with van der Waals surface area (Å²) in [5, 5.41) is 6.05. The minimum atomic E-state index is -0.431. The quantitative estimate of drug-likeness (QED) is 0.751. The largest absolute Gasteiger partial charge is 0.442 e. The Balaban J connectivity index is 2.45. The zero-order valence-corrected chi connectivity index (χ0v) is 9.93. The SMILES string of the molecule is CCNC(=O)OC(C)(C)C1CCCCN1. The van der Waals surface area contributed by atoms with Crippen molar-refractivity contribution in [2.75, 3.05) is 13.1 Å². The van der Waals surface area contributed by atoms with Gasteiger partial charge in [-0.1, -0.05) is 6.42 Å². The van der Waals surface area contributed by atoms with E-state index in [4.69, 9.17) is 4.74 Å². The van der Waals surface area contributed by atoms with Crippen LogP contribution in [0.15, 0.2) is 0 Å².